The van der Waals surface area contributed by atoms with Crippen molar-refractivity contribution in [2.45, 2.75) is 25.6 Å². The zero-order valence-corrected chi connectivity index (χ0v) is 21.5. The minimum Gasteiger partial charge on any atom is -0.491 e. The maximum atomic E-state index is 10.9. The lowest BCUT2D eigenvalue weighted by Crippen LogP contribution is -2.34. The number of halogens is 2. The van der Waals surface area contributed by atoms with Gasteiger partial charge in [-0.25, -0.2) is 0 Å². The summed E-state index contributed by atoms with van der Waals surface area (Å²) in [6, 6.07) is 22.4. The third-order valence-corrected chi connectivity index (χ3v) is 6.14. The molecule has 0 radical (unpaired) electrons. The minimum absolute atomic E-state index is 0.358. The van der Waals surface area contributed by atoms with Crippen LogP contribution in [0.1, 0.15) is 35.8 Å². The van der Waals surface area contributed by atoms with Crippen LogP contribution >= 0.6 is 23.2 Å². The predicted octanol–water partition coefficient (Wildman–Crippen LogP) is 5.72. The van der Waals surface area contributed by atoms with Gasteiger partial charge in [-0.05, 0) is 66.4 Å². The second kappa shape index (κ2) is 14.4. The Morgan fingerprint density at radius 1 is 0.800 bits per heavy atom. The first-order valence-electron chi connectivity index (χ1n) is 11.8. The molecule has 0 aromatic heterocycles. The lowest BCUT2D eigenvalue weighted by molar-refractivity contribution is 0.0694. The monoisotopic (exact) mass is 517 g/mol. The number of hydrogen-bond donors (Lipinski definition) is 2. The van der Waals surface area contributed by atoms with E-state index in [1.165, 1.54) is 0 Å². The molecule has 0 saturated heterocycles. The van der Waals surface area contributed by atoms with E-state index in [-0.39, 0.29) is 0 Å². The summed E-state index contributed by atoms with van der Waals surface area (Å²) in [7, 11) is 0. The quantitative estimate of drug-likeness (QED) is 0.267. The van der Waals surface area contributed by atoms with Gasteiger partial charge in [-0.1, -0.05) is 59.6 Å². The van der Waals surface area contributed by atoms with E-state index in [2.05, 4.69) is 4.90 Å². The first kappa shape index (κ1) is 27.5. The van der Waals surface area contributed by atoms with Crippen LogP contribution in [0.4, 0.5) is 0 Å². The van der Waals surface area contributed by atoms with Crippen molar-refractivity contribution in [3.05, 3.63) is 99.5 Å². The fourth-order valence-electron chi connectivity index (χ4n) is 3.79. The highest BCUT2D eigenvalue weighted by atomic mass is 35.5. The first-order chi connectivity index (χ1) is 16.9. The van der Waals surface area contributed by atoms with Crippen LogP contribution in [0.5, 0.6) is 5.75 Å². The smallest absolute Gasteiger partial charge is 0.119 e. The van der Waals surface area contributed by atoms with Gasteiger partial charge in [-0.15, -0.1) is 0 Å². The zero-order chi connectivity index (χ0) is 25.0. The van der Waals surface area contributed by atoms with Gasteiger partial charge in [0.05, 0.1) is 18.8 Å². The number of ether oxygens (including phenoxy) is 2. The van der Waals surface area contributed by atoms with Crippen LogP contribution in [0.25, 0.3) is 0 Å². The van der Waals surface area contributed by atoms with Crippen molar-refractivity contribution >= 4 is 23.2 Å². The van der Waals surface area contributed by atoms with Crippen molar-refractivity contribution < 1.29 is 19.7 Å². The first-order valence-corrected chi connectivity index (χ1v) is 12.6. The molecule has 35 heavy (non-hydrogen) atoms. The molecule has 0 saturated carbocycles. The van der Waals surface area contributed by atoms with E-state index in [1.807, 2.05) is 55.5 Å². The topological polar surface area (TPSA) is 62.2 Å². The highest BCUT2D eigenvalue weighted by Gasteiger charge is 2.19. The van der Waals surface area contributed by atoms with E-state index in [9.17, 15) is 10.2 Å². The van der Waals surface area contributed by atoms with Crippen molar-refractivity contribution in [2.24, 2.45) is 0 Å². The SMILES string of the molecule is CCOCCOc1ccc(CCN(C[C@@H](O)c2cccc(Cl)c2)C[C@H](O)c2cccc(Cl)c2)cc1. The lowest BCUT2D eigenvalue weighted by Gasteiger charge is -2.28. The van der Waals surface area contributed by atoms with Gasteiger partial charge in [-0.2, -0.15) is 0 Å². The predicted molar refractivity (Wildman–Crippen MR) is 141 cm³/mol. The lowest BCUT2D eigenvalue weighted by atomic mass is 10.1. The largest absolute Gasteiger partial charge is 0.491 e. The number of benzene rings is 3. The van der Waals surface area contributed by atoms with E-state index in [0.717, 1.165) is 28.9 Å². The molecule has 0 amide bonds. The Balaban J connectivity index is 1.64. The van der Waals surface area contributed by atoms with Crippen LogP contribution < -0.4 is 4.74 Å². The van der Waals surface area contributed by atoms with Gasteiger partial charge < -0.3 is 19.7 Å². The maximum Gasteiger partial charge on any atom is 0.119 e. The Labute approximate surface area is 217 Å². The maximum absolute atomic E-state index is 10.9. The van der Waals surface area contributed by atoms with E-state index >= 15 is 0 Å². The molecule has 0 bridgehead atoms. The fraction of sp³-hybridized carbons (Fsp3) is 0.357. The van der Waals surface area contributed by atoms with Gasteiger partial charge >= 0.3 is 0 Å². The van der Waals surface area contributed by atoms with Crippen LogP contribution in [0.2, 0.25) is 10.0 Å². The number of hydrogen-bond acceptors (Lipinski definition) is 5. The van der Waals surface area contributed by atoms with Crippen molar-refractivity contribution in [1.82, 2.24) is 4.90 Å². The van der Waals surface area contributed by atoms with Crippen LogP contribution in [0.3, 0.4) is 0 Å². The molecule has 3 rings (SSSR count). The molecule has 0 aliphatic heterocycles. The standard InChI is InChI=1S/C28H33Cl2NO4/c1-2-34-15-16-35-26-11-9-21(10-12-26)13-14-31(19-27(32)22-5-3-7-24(29)17-22)20-28(33)23-6-4-8-25(30)18-23/h3-12,17-18,27-28,32-33H,2,13-16,19-20H2,1H3/t27-,28+. The number of aliphatic hydroxyl groups is 2. The van der Waals surface area contributed by atoms with Crippen LogP contribution in [-0.4, -0.2) is 54.6 Å². The summed E-state index contributed by atoms with van der Waals surface area (Å²) in [5.41, 5.74) is 2.63. The molecule has 0 spiro atoms. The third-order valence-electron chi connectivity index (χ3n) is 5.67. The molecule has 0 heterocycles. The molecule has 188 valence electrons. The van der Waals surface area contributed by atoms with Gasteiger partial charge in [0.25, 0.3) is 0 Å². The van der Waals surface area contributed by atoms with E-state index in [1.54, 1.807) is 24.3 Å². The average Bonchev–Trinajstić information content (AvgIpc) is 2.86. The molecule has 3 aromatic rings. The van der Waals surface area contributed by atoms with Gasteiger partial charge in [0.2, 0.25) is 0 Å². The van der Waals surface area contributed by atoms with Crippen LogP contribution in [0, 0.1) is 0 Å². The Bertz CT molecular complexity index is 978. The second-order valence-corrected chi connectivity index (χ2v) is 9.21. The average molecular weight is 518 g/mol. The van der Waals surface area contributed by atoms with E-state index in [4.69, 9.17) is 32.7 Å². The molecule has 0 aliphatic rings. The Kier molecular flexibility index (Phi) is 11.3. The zero-order valence-electron chi connectivity index (χ0n) is 19.9. The number of rotatable bonds is 14. The Morgan fingerprint density at radius 2 is 1.37 bits per heavy atom. The summed E-state index contributed by atoms with van der Waals surface area (Å²) in [5, 5.41) is 22.9. The van der Waals surface area contributed by atoms with Crippen molar-refractivity contribution in [3.63, 3.8) is 0 Å². The Morgan fingerprint density at radius 3 is 1.89 bits per heavy atom. The number of aliphatic hydroxyl groups excluding tert-OH is 2. The molecule has 0 unspecified atom stereocenters. The van der Waals surface area contributed by atoms with Gasteiger partial charge in [-0.3, -0.25) is 4.90 Å². The number of nitrogens with zero attached hydrogens (tertiary/aromatic N) is 1. The summed E-state index contributed by atoms with van der Waals surface area (Å²) in [6.07, 6.45) is -0.716. The molecule has 2 atom stereocenters. The molecule has 5 nitrogen and oxygen atoms in total. The molecule has 7 heteroatoms. The van der Waals surface area contributed by atoms with Crippen LogP contribution in [-0.2, 0) is 11.2 Å². The molecular formula is C28H33Cl2NO4. The normalized spacial score (nSPS) is 13.1. The summed E-state index contributed by atoms with van der Waals surface area (Å²) in [6.45, 7) is 5.09. The summed E-state index contributed by atoms with van der Waals surface area (Å²) >= 11 is 12.2. The highest BCUT2D eigenvalue weighted by molar-refractivity contribution is 6.30. The third kappa shape index (κ3) is 9.45. The minimum atomic E-state index is -0.735. The molecular weight excluding hydrogens is 485 g/mol. The van der Waals surface area contributed by atoms with Crippen molar-refractivity contribution in [1.29, 1.82) is 0 Å². The molecule has 3 aromatic carbocycles. The molecule has 0 aliphatic carbocycles. The summed E-state index contributed by atoms with van der Waals surface area (Å²) in [5.74, 6) is 0.804. The van der Waals surface area contributed by atoms with Gasteiger partial charge in [0.15, 0.2) is 0 Å². The van der Waals surface area contributed by atoms with Gasteiger partial charge in [0, 0.05) is 36.3 Å². The van der Waals surface area contributed by atoms with Crippen molar-refractivity contribution in [3.8, 4) is 5.75 Å². The Hall–Kier alpha value is -2.12. The highest BCUT2D eigenvalue weighted by Crippen LogP contribution is 2.23. The van der Waals surface area contributed by atoms with Crippen molar-refractivity contribution in [2.75, 3.05) is 39.5 Å². The van der Waals surface area contributed by atoms with Crippen LogP contribution in [0.15, 0.2) is 72.8 Å². The van der Waals surface area contributed by atoms with E-state index in [0.29, 0.717) is 49.5 Å². The molecule has 0 fully saturated rings. The summed E-state index contributed by atoms with van der Waals surface area (Å²) in [4.78, 5) is 2.06. The fourth-order valence-corrected chi connectivity index (χ4v) is 4.18. The van der Waals surface area contributed by atoms with Gasteiger partial charge in [0.1, 0.15) is 12.4 Å². The molecule has 2 N–H and O–H groups in total. The summed E-state index contributed by atoms with van der Waals surface area (Å²) < 4.78 is 11.0. The second-order valence-electron chi connectivity index (χ2n) is 8.34. The van der Waals surface area contributed by atoms with E-state index < -0.39 is 12.2 Å².